The van der Waals surface area contributed by atoms with E-state index in [1.54, 1.807) is 0 Å². The third-order valence-corrected chi connectivity index (χ3v) is 3.34. The fourth-order valence-electron chi connectivity index (χ4n) is 2.05. The van der Waals surface area contributed by atoms with Crippen LogP contribution in [0.5, 0.6) is 0 Å². The zero-order chi connectivity index (χ0) is 14.3. The highest BCUT2D eigenvalue weighted by Crippen LogP contribution is 2.10. The second kappa shape index (κ2) is 8.10. The van der Waals surface area contributed by atoms with E-state index < -0.39 is 0 Å². The summed E-state index contributed by atoms with van der Waals surface area (Å²) in [5.41, 5.74) is 1.03. The van der Waals surface area contributed by atoms with Crippen molar-refractivity contribution in [1.82, 2.24) is 14.9 Å². The van der Waals surface area contributed by atoms with Crippen molar-refractivity contribution < 1.29 is 0 Å². The lowest BCUT2D eigenvalue weighted by Crippen LogP contribution is -2.29. The summed E-state index contributed by atoms with van der Waals surface area (Å²) in [5, 5.41) is 3.26. The molecule has 4 heteroatoms. The molecule has 0 spiro atoms. The third-order valence-electron chi connectivity index (χ3n) is 3.34. The molecule has 0 bridgehead atoms. The van der Waals surface area contributed by atoms with Gasteiger partial charge in [-0.25, -0.2) is 9.97 Å². The molecular formula is C15H28N4. The van der Waals surface area contributed by atoms with Gasteiger partial charge in [0.2, 0.25) is 0 Å². The van der Waals surface area contributed by atoms with Crippen LogP contribution in [0.15, 0.2) is 6.07 Å². The quantitative estimate of drug-likeness (QED) is 0.783. The summed E-state index contributed by atoms with van der Waals surface area (Å²) in [4.78, 5) is 11.5. The van der Waals surface area contributed by atoms with Crippen molar-refractivity contribution in [1.29, 1.82) is 0 Å². The van der Waals surface area contributed by atoms with Gasteiger partial charge >= 0.3 is 0 Å². The Bertz CT molecular complexity index is 378. The van der Waals surface area contributed by atoms with E-state index in [0.717, 1.165) is 49.4 Å². The molecule has 4 nitrogen and oxygen atoms in total. The Kier molecular flexibility index (Phi) is 6.78. The number of aryl methyl sites for hydroxylation is 1. The van der Waals surface area contributed by atoms with E-state index in [-0.39, 0.29) is 0 Å². The maximum absolute atomic E-state index is 4.58. The predicted molar refractivity (Wildman–Crippen MR) is 81.3 cm³/mol. The molecule has 0 radical (unpaired) electrons. The van der Waals surface area contributed by atoms with Gasteiger partial charge in [-0.2, -0.15) is 0 Å². The maximum Gasteiger partial charge on any atom is 0.144 e. The molecule has 1 unspecified atom stereocenters. The molecule has 108 valence electrons. The molecule has 1 aromatic rings. The van der Waals surface area contributed by atoms with Crippen LogP contribution in [-0.2, 0) is 6.54 Å². The Balaban J connectivity index is 2.73. The number of hydrogen-bond acceptors (Lipinski definition) is 4. The molecular weight excluding hydrogens is 236 g/mol. The highest BCUT2D eigenvalue weighted by atomic mass is 15.2. The van der Waals surface area contributed by atoms with Crippen LogP contribution in [0.4, 0.5) is 5.82 Å². The molecule has 0 amide bonds. The van der Waals surface area contributed by atoms with E-state index in [2.05, 4.69) is 47.9 Å². The molecule has 1 aromatic heterocycles. The van der Waals surface area contributed by atoms with Gasteiger partial charge in [0.1, 0.15) is 11.6 Å². The zero-order valence-electron chi connectivity index (χ0n) is 13.0. The average molecular weight is 264 g/mol. The number of nitrogens with one attached hydrogen (secondary N) is 1. The molecule has 0 aliphatic carbocycles. The maximum atomic E-state index is 4.58. The Hall–Kier alpha value is -1.16. The molecule has 1 N–H and O–H groups in total. The minimum absolute atomic E-state index is 0.720. The van der Waals surface area contributed by atoms with Crippen molar-refractivity contribution in [2.75, 3.05) is 25.0 Å². The van der Waals surface area contributed by atoms with E-state index >= 15 is 0 Å². The first-order valence-electron chi connectivity index (χ1n) is 7.39. The summed E-state index contributed by atoms with van der Waals surface area (Å²) in [5.74, 6) is 2.57. The molecule has 1 heterocycles. The van der Waals surface area contributed by atoms with E-state index in [1.165, 1.54) is 6.42 Å². The van der Waals surface area contributed by atoms with Crippen molar-refractivity contribution in [3.63, 3.8) is 0 Å². The molecule has 1 rings (SSSR count). The van der Waals surface area contributed by atoms with Crippen molar-refractivity contribution in [3.8, 4) is 0 Å². The smallest absolute Gasteiger partial charge is 0.144 e. The van der Waals surface area contributed by atoms with Crippen LogP contribution in [0.25, 0.3) is 0 Å². The molecule has 0 aliphatic heterocycles. The van der Waals surface area contributed by atoms with Crippen molar-refractivity contribution in [2.24, 2.45) is 5.92 Å². The van der Waals surface area contributed by atoms with Crippen LogP contribution in [0, 0.1) is 12.8 Å². The molecule has 19 heavy (non-hydrogen) atoms. The lowest BCUT2D eigenvalue weighted by atomic mass is 10.1. The number of anilines is 1. The second-order valence-corrected chi connectivity index (χ2v) is 5.18. The van der Waals surface area contributed by atoms with Gasteiger partial charge in [-0.3, -0.25) is 4.90 Å². The summed E-state index contributed by atoms with van der Waals surface area (Å²) in [6.45, 7) is 14.7. The predicted octanol–water partition coefficient (Wildman–Crippen LogP) is 3.08. The molecule has 0 aromatic carbocycles. The number of hydrogen-bond donors (Lipinski definition) is 1. The largest absolute Gasteiger partial charge is 0.370 e. The Morgan fingerprint density at radius 2 is 2.00 bits per heavy atom. The van der Waals surface area contributed by atoms with Crippen molar-refractivity contribution in [2.45, 2.75) is 47.6 Å². The van der Waals surface area contributed by atoms with Crippen LogP contribution < -0.4 is 5.32 Å². The molecule has 0 saturated heterocycles. The molecule has 0 fully saturated rings. The summed E-state index contributed by atoms with van der Waals surface area (Å²) in [6, 6.07) is 2.00. The fourth-order valence-corrected chi connectivity index (χ4v) is 2.05. The van der Waals surface area contributed by atoms with Crippen LogP contribution in [0.3, 0.4) is 0 Å². The highest BCUT2D eigenvalue weighted by molar-refractivity contribution is 5.35. The summed E-state index contributed by atoms with van der Waals surface area (Å²) in [6.07, 6.45) is 1.22. The van der Waals surface area contributed by atoms with E-state index in [0.29, 0.717) is 0 Å². The van der Waals surface area contributed by atoms with Crippen LogP contribution in [0.2, 0.25) is 0 Å². The van der Waals surface area contributed by atoms with Crippen LogP contribution in [-0.4, -0.2) is 34.5 Å². The standard InChI is InChI=1S/C15H28N4/c1-6-12(4)10-19(8-3)11-15-17-13(5)9-14(18-15)16-7-2/h9,12H,6-8,10-11H2,1-5H3,(H,16,17,18). The monoisotopic (exact) mass is 264 g/mol. The minimum atomic E-state index is 0.720. The zero-order valence-corrected chi connectivity index (χ0v) is 13.0. The van der Waals surface area contributed by atoms with Crippen LogP contribution in [0.1, 0.15) is 45.6 Å². The van der Waals surface area contributed by atoms with Gasteiger partial charge in [0, 0.05) is 24.8 Å². The van der Waals surface area contributed by atoms with Gasteiger partial charge in [0.25, 0.3) is 0 Å². The Morgan fingerprint density at radius 1 is 1.26 bits per heavy atom. The highest BCUT2D eigenvalue weighted by Gasteiger charge is 2.10. The van der Waals surface area contributed by atoms with E-state index in [9.17, 15) is 0 Å². The third kappa shape index (κ3) is 5.55. The van der Waals surface area contributed by atoms with Crippen molar-refractivity contribution >= 4 is 5.82 Å². The first-order chi connectivity index (χ1) is 9.08. The fraction of sp³-hybridized carbons (Fsp3) is 0.733. The van der Waals surface area contributed by atoms with Gasteiger partial charge in [-0.05, 0) is 26.3 Å². The minimum Gasteiger partial charge on any atom is -0.370 e. The average Bonchev–Trinajstić information content (AvgIpc) is 2.37. The van der Waals surface area contributed by atoms with Gasteiger partial charge in [-0.15, -0.1) is 0 Å². The number of aromatic nitrogens is 2. The van der Waals surface area contributed by atoms with Crippen LogP contribution >= 0.6 is 0 Å². The van der Waals surface area contributed by atoms with Crippen molar-refractivity contribution in [3.05, 3.63) is 17.6 Å². The number of rotatable bonds is 8. The second-order valence-electron chi connectivity index (χ2n) is 5.18. The van der Waals surface area contributed by atoms with Gasteiger partial charge in [-0.1, -0.05) is 27.2 Å². The normalized spacial score (nSPS) is 12.7. The molecule has 0 saturated carbocycles. The molecule has 1 atom stereocenters. The Labute approximate surface area is 117 Å². The van der Waals surface area contributed by atoms with Gasteiger partial charge in [0.05, 0.1) is 6.54 Å². The first kappa shape index (κ1) is 15.9. The van der Waals surface area contributed by atoms with Gasteiger partial charge < -0.3 is 5.32 Å². The number of nitrogens with zero attached hydrogens (tertiary/aromatic N) is 3. The first-order valence-corrected chi connectivity index (χ1v) is 7.39. The Morgan fingerprint density at radius 3 is 2.58 bits per heavy atom. The lowest BCUT2D eigenvalue weighted by molar-refractivity contribution is 0.232. The topological polar surface area (TPSA) is 41.1 Å². The van der Waals surface area contributed by atoms with Gasteiger partial charge in [0.15, 0.2) is 0 Å². The van der Waals surface area contributed by atoms with E-state index in [1.807, 2.05) is 13.0 Å². The summed E-state index contributed by atoms with van der Waals surface area (Å²) < 4.78 is 0. The SMILES string of the molecule is CCNc1cc(C)nc(CN(CC)CC(C)CC)n1. The summed E-state index contributed by atoms with van der Waals surface area (Å²) >= 11 is 0. The van der Waals surface area contributed by atoms with E-state index in [4.69, 9.17) is 0 Å². The summed E-state index contributed by atoms with van der Waals surface area (Å²) in [7, 11) is 0. The lowest BCUT2D eigenvalue weighted by Gasteiger charge is -2.23. The molecule has 0 aliphatic rings.